The van der Waals surface area contributed by atoms with E-state index in [9.17, 15) is 9.59 Å². The highest BCUT2D eigenvalue weighted by Crippen LogP contribution is 2.29. The molecule has 152 valence electrons. The molecule has 8 nitrogen and oxygen atoms in total. The number of aromatic amines is 1. The Kier molecular flexibility index (Phi) is 5.92. The Morgan fingerprint density at radius 3 is 2.38 bits per heavy atom. The molecule has 1 atom stereocenters. The Morgan fingerprint density at radius 1 is 0.931 bits per heavy atom. The second kappa shape index (κ2) is 8.55. The van der Waals surface area contributed by atoms with Crippen molar-refractivity contribution >= 4 is 28.5 Å². The van der Waals surface area contributed by atoms with E-state index in [-0.39, 0.29) is 5.69 Å². The van der Waals surface area contributed by atoms with Crippen LogP contribution in [0.25, 0.3) is 10.9 Å². The van der Waals surface area contributed by atoms with Gasteiger partial charge >= 0.3 is 5.97 Å². The molecule has 0 saturated heterocycles. The maximum absolute atomic E-state index is 12.4. The normalized spacial score (nSPS) is 11.6. The van der Waals surface area contributed by atoms with Crippen molar-refractivity contribution in [3.8, 4) is 17.2 Å². The van der Waals surface area contributed by atoms with Gasteiger partial charge in [0.1, 0.15) is 11.4 Å². The average molecular weight is 398 g/mol. The van der Waals surface area contributed by atoms with Crippen LogP contribution in [0.2, 0.25) is 0 Å². The summed E-state index contributed by atoms with van der Waals surface area (Å²) >= 11 is 0. The molecule has 0 radical (unpaired) electrons. The van der Waals surface area contributed by atoms with Gasteiger partial charge in [0.15, 0.2) is 17.6 Å². The highest BCUT2D eigenvalue weighted by atomic mass is 16.5. The first kappa shape index (κ1) is 20.1. The van der Waals surface area contributed by atoms with Crippen LogP contribution in [0.1, 0.15) is 17.4 Å². The molecule has 0 saturated carbocycles. The molecule has 29 heavy (non-hydrogen) atoms. The third-order valence-corrected chi connectivity index (χ3v) is 4.35. The number of amides is 1. The Morgan fingerprint density at radius 2 is 1.69 bits per heavy atom. The number of fused-ring (bicyclic) bond motifs is 1. The number of carbonyl (C=O) groups excluding carboxylic acids is 2. The molecule has 0 aliphatic heterocycles. The first-order chi connectivity index (χ1) is 13.9. The lowest BCUT2D eigenvalue weighted by Crippen LogP contribution is -2.30. The van der Waals surface area contributed by atoms with Gasteiger partial charge in [-0.05, 0) is 37.3 Å². The predicted molar refractivity (Wildman–Crippen MR) is 108 cm³/mol. The van der Waals surface area contributed by atoms with Crippen LogP contribution in [-0.4, -0.2) is 44.3 Å². The van der Waals surface area contributed by atoms with Gasteiger partial charge in [0.25, 0.3) is 5.91 Å². The smallest absolute Gasteiger partial charge is 0.355 e. The fraction of sp³-hybridized carbons (Fsp3) is 0.238. The number of esters is 1. The van der Waals surface area contributed by atoms with Crippen LogP contribution >= 0.6 is 0 Å². The first-order valence-electron chi connectivity index (χ1n) is 8.85. The summed E-state index contributed by atoms with van der Waals surface area (Å²) in [6.07, 6.45) is -1.00. The molecule has 2 N–H and O–H groups in total. The summed E-state index contributed by atoms with van der Waals surface area (Å²) < 4.78 is 20.8. The number of ether oxygens (including phenoxy) is 4. The van der Waals surface area contributed by atoms with Crippen LogP contribution in [0, 0.1) is 0 Å². The number of hydrogen-bond acceptors (Lipinski definition) is 6. The van der Waals surface area contributed by atoms with Gasteiger partial charge in [-0.2, -0.15) is 0 Å². The topological polar surface area (TPSA) is 98.9 Å². The Hall–Kier alpha value is -3.68. The van der Waals surface area contributed by atoms with E-state index in [1.165, 1.54) is 21.1 Å². The lowest BCUT2D eigenvalue weighted by molar-refractivity contribution is -0.123. The monoisotopic (exact) mass is 398 g/mol. The van der Waals surface area contributed by atoms with Gasteiger partial charge < -0.3 is 29.2 Å². The number of carbonyl (C=O) groups is 2. The average Bonchev–Trinajstić information content (AvgIpc) is 3.16. The van der Waals surface area contributed by atoms with E-state index >= 15 is 0 Å². The van der Waals surface area contributed by atoms with Crippen LogP contribution in [0.5, 0.6) is 17.2 Å². The maximum atomic E-state index is 12.4. The molecule has 0 aliphatic carbocycles. The number of nitrogens with one attached hydrogen (secondary N) is 2. The molecular formula is C21H22N2O6. The fourth-order valence-electron chi connectivity index (χ4n) is 2.78. The van der Waals surface area contributed by atoms with E-state index in [4.69, 9.17) is 18.9 Å². The van der Waals surface area contributed by atoms with Crippen LogP contribution < -0.4 is 19.5 Å². The van der Waals surface area contributed by atoms with Crippen molar-refractivity contribution in [3.05, 3.63) is 48.2 Å². The molecule has 2 aromatic carbocycles. The molecule has 0 aliphatic rings. The molecule has 1 amide bonds. The van der Waals surface area contributed by atoms with Gasteiger partial charge in [-0.3, -0.25) is 4.79 Å². The zero-order valence-electron chi connectivity index (χ0n) is 16.6. The zero-order valence-corrected chi connectivity index (χ0v) is 16.6. The van der Waals surface area contributed by atoms with Gasteiger partial charge in [-0.1, -0.05) is 0 Å². The predicted octanol–water partition coefficient (Wildman–Crippen LogP) is 3.38. The van der Waals surface area contributed by atoms with E-state index in [2.05, 4.69) is 10.3 Å². The van der Waals surface area contributed by atoms with Crippen molar-refractivity contribution in [3.63, 3.8) is 0 Å². The Bertz CT molecular complexity index is 1040. The quantitative estimate of drug-likeness (QED) is 0.592. The highest BCUT2D eigenvalue weighted by molar-refractivity contribution is 5.99. The van der Waals surface area contributed by atoms with Gasteiger partial charge in [-0.15, -0.1) is 0 Å². The Balaban J connectivity index is 1.67. The molecule has 1 unspecified atom stereocenters. The number of aromatic nitrogens is 1. The number of methoxy groups -OCH3 is 3. The summed E-state index contributed by atoms with van der Waals surface area (Å²) in [5.41, 5.74) is 1.48. The molecule has 3 aromatic rings. The first-order valence-corrected chi connectivity index (χ1v) is 8.85. The summed E-state index contributed by atoms with van der Waals surface area (Å²) in [6, 6.07) is 12.0. The minimum absolute atomic E-state index is 0.249. The summed E-state index contributed by atoms with van der Waals surface area (Å²) in [5.74, 6) is 0.587. The molecule has 8 heteroatoms. The molecule has 0 fully saturated rings. The SMILES string of the molecule is COc1ccc2cc(C(=O)OC(C)C(=O)Nc3ccc(OC)c(OC)c3)[nH]c2c1. The summed E-state index contributed by atoms with van der Waals surface area (Å²) in [7, 11) is 4.60. The van der Waals surface area contributed by atoms with Gasteiger partial charge in [0.2, 0.25) is 0 Å². The van der Waals surface area contributed by atoms with Crippen molar-refractivity contribution in [2.45, 2.75) is 13.0 Å². The third kappa shape index (κ3) is 4.43. The van der Waals surface area contributed by atoms with Crippen LogP contribution in [-0.2, 0) is 9.53 Å². The molecule has 0 spiro atoms. The molecule has 1 heterocycles. The van der Waals surface area contributed by atoms with Gasteiger partial charge in [0.05, 0.1) is 21.3 Å². The summed E-state index contributed by atoms with van der Waals surface area (Å²) in [6.45, 7) is 1.50. The van der Waals surface area contributed by atoms with Crippen molar-refractivity contribution < 1.29 is 28.5 Å². The Labute approximate surface area is 167 Å². The summed E-state index contributed by atoms with van der Waals surface area (Å²) in [5, 5.41) is 3.52. The summed E-state index contributed by atoms with van der Waals surface area (Å²) in [4.78, 5) is 27.8. The number of anilines is 1. The molecule has 0 bridgehead atoms. The number of hydrogen-bond donors (Lipinski definition) is 2. The number of H-pyrrole nitrogens is 1. The lowest BCUT2D eigenvalue weighted by atomic mass is 10.2. The van der Waals surface area contributed by atoms with Gasteiger partial charge in [0, 0.05) is 28.7 Å². The molecule has 3 rings (SSSR count). The van der Waals surface area contributed by atoms with E-state index in [0.717, 1.165) is 10.9 Å². The maximum Gasteiger partial charge on any atom is 0.355 e. The third-order valence-electron chi connectivity index (χ3n) is 4.35. The van der Waals surface area contributed by atoms with Gasteiger partial charge in [-0.25, -0.2) is 4.79 Å². The van der Waals surface area contributed by atoms with E-state index in [1.54, 1.807) is 43.5 Å². The van der Waals surface area contributed by atoms with Crippen molar-refractivity contribution in [1.29, 1.82) is 0 Å². The second-order valence-corrected chi connectivity index (χ2v) is 6.24. The number of rotatable bonds is 7. The number of benzene rings is 2. The van der Waals surface area contributed by atoms with Crippen molar-refractivity contribution in [2.24, 2.45) is 0 Å². The van der Waals surface area contributed by atoms with Crippen molar-refractivity contribution in [1.82, 2.24) is 4.98 Å². The van der Waals surface area contributed by atoms with E-state index in [1.807, 2.05) is 6.07 Å². The minimum Gasteiger partial charge on any atom is -0.497 e. The van der Waals surface area contributed by atoms with E-state index < -0.39 is 18.0 Å². The van der Waals surface area contributed by atoms with Crippen LogP contribution in [0.15, 0.2) is 42.5 Å². The molecular weight excluding hydrogens is 376 g/mol. The van der Waals surface area contributed by atoms with Crippen molar-refractivity contribution in [2.75, 3.05) is 26.6 Å². The van der Waals surface area contributed by atoms with Crippen LogP contribution in [0.3, 0.4) is 0 Å². The van der Waals surface area contributed by atoms with E-state index in [0.29, 0.717) is 22.9 Å². The highest BCUT2D eigenvalue weighted by Gasteiger charge is 2.21. The second-order valence-electron chi connectivity index (χ2n) is 6.24. The zero-order chi connectivity index (χ0) is 21.0. The fourth-order valence-corrected chi connectivity index (χ4v) is 2.78. The standard InChI is InChI=1S/C21H22N2O6/c1-12(20(24)22-14-6-8-18(27-3)19(10-14)28-4)29-21(25)17-9-13-5-7-15(26-2)11-16(13)23-17/h5-12,23H,1-4H3,(H,22,24). The lowest BCUT2D eigenvalue weighted by Gasteiger charge is -2.14. The largest absolute Gasteiger partial charge is 0.497 e. The van der Waals surface area contributed by atoms with Crippen LogP contribution in [0.4, 0.5) is 5.69 Å². The minimum atomic E-state index is -1.00. The molecule has 1 aromatic heterocycles.